The van der Waals surface area contributed by atoms with Crippen LogP contribution in [0.3, 0.4) is 0 Å². The molecule has 0 N–H and O–H groups in total. The second-order valence-electron chi connectivity index (χ2n) is 2.03. The Morgan fingerprint density at radius 1 is 1.33 bits per heavy atom. The smallest absolute Gasteiger partial charge is 0.175 e. The summed E-state index contributed by atoms with van der Waals surface area (Å²) in [6.45, 7) is 1.95. The van der Waals surface area contributed by atoms with Gasteiger partial charge in [-0.25, -0.2) is 0 Å². The van der Waals surface area contributed by atoms with Crippen molar-refractivity contribution in [3.63, 3.8) is 0 Å². The average Bonchev–Trinajstić information content (AvgIpc) is 2.35. The summed E-state index contributed by atoms with van der Waals surface area (Å²) in [4.78, 5) is 0. The number of aryl methyl sites for hydroxylation is 1. The van der Waals surface area contributed by atoms with Crippen molar-refractivity contribution in [2.75, 3.05) is 0 Å². The number of fused-ring (bicyclic) bond motifs is 1. The zero-order chi connectivity index (χ0) is 6.27. The molecule has 0 aliphatic carbocycles. The van der Waals surface area contributed by atoms with E-state index in [9.17, 15) is 0 Å². The Balaban J connectivity index is 2.99. The highest BCUT2D eigenvalue weighted by molar-refractivity contribution is 5.73. The van der Waals surface area contributed by atoms with Gasteiger partial charge in [-0.2, -0.15) is 0 Å². The lowest BCUT2D eigenvalue weighted by Crippen LogP contribution is -1.55. The van der Waals surface area contributed by atoms with Crippen molar-refractivity contribution in [2.24, 2.45) is 0 Å². The van der Waals surface area contributed by atoms with E-state index < -0.39 is 0 Å². The number of rotatable bonds is 0. The van der Waals surface area contributed by atoms with Crippen LogP contribution in [0.4, 0.5) is 0 Å². The lowest BCUT2D eigenvalue weighted by molar-refractivity contribution is 0.609. The van der Waals surface area contributed by atoms with Crippen molar-refractivity contribution in [1.82, 2.24) is 0 Å². The maximum atomic E-state index is 5.09. The molecule has 2 heteroatoms. The number of hydrogen-bond acceptors (Lipinski definition) is 2. The van der Waals surface area contributed by atoms with Crippen LogP contribution in [0.15, 0.2) is 27.4 Å². The lowest BCUT2D eigenvalue weighted by Gasteiger charge is -1.73. The topological polar surface area (TPSA) is 26.3 Å². The second-order valence-corrected chi connectivity index (χ2v) is 2.03. The van der Waals surface area contributed by atoms with E-state index in [1.54, 1.807) is 12.5 Å². The van der Waals surface area contributed by atoms with E-state index in [0.717, 1.165) is 16.7 Å². The van der Waals surface area contributed by atoms with Crippen LogP contribution in [0.25, 0.3) is 11.2 Å². The fraction of sp³-hybridized carbons (Fsp3) is 0.143. The van der Waals surface area contributed by atoms with Crippen LogP contribution in [0.2, 0.25) is 0 Å². The molecule has 0 saturated carbocycles. The summed E-state index contributed by atoms with van der Waals surface area (Å²) < 4.78 is 10.2. The largest absolute Gasteiger partial charge is 0.461 e. The summed E-state index contributed by atoms with van der Waals surface area (Å²) in [7, 11) is 0. The fourth-order valence-electron chi connectivity index (χ4n) is 0.883. The molecule has 0 amide bonds. The first-order chi connectivity index (χ1) is 4.38. The van der Waals surface area contributed by atoms with Gasteiger partial charge in [0.05, 0.1) is 12.5 Å². The molecule has 2 nitrogen and oxygen atoms in total. The third kappa shape index (κ3) is 0.499. The summed E-state index contributed by atoms with van der Waals surface area (Å²) in [6.07, 6.45) is 3.31. The first kappa shape index (κ1) is 4.68. The van der Waals surface area contributed by atoms with Gasteiger partial charge in [-0.1, -0.05) is 0 Å². The zero-order valence-corrected chi connectivity index (χ0v) is 5.05. The van der Waals surface area contributed by atoms with Gasteiger partial charge in [0.2, 0.25) is 0 Å². The van der Waals surface area contributed by atoms with Crippen molar-refractivity contribution in [1.29, 1.82) is 0 Å². The maximum Gasteiger partial charge on any atom is 0.175 e. The molecule has 0 aromatic carbocycles. The minimum atomic E-state index is 0.826. The van der Waals surface area contributed by atoms with E-state index in [1.165, 1.54) is 0 Å². The molecule has 2 heterocycles. The predicted molar refractivity (Wildman–Crippen MR) is 33.2 cm³/mol. The van der Waals surface area contributed by atoms with Gasteiger partial charge >= 0.3 is 0 Å². The normalized spacial score (nSPS) is 10.8. The number of hydrogen-bond donors (Lipinski definition) is 0. The molecule has 0 atom stereocenters. The molecule has 0 saturated heterocycles. The van der Waals surface area contributed by atoms with Gasteiger partial charge in [-0.3, -0.25) is 0 Å². The Hall–Kier alpha value is -1.18. The molecule has 9 heavy (non-hydrogen) atoms. The monoisotopic (exact) mass is 122 g/mol. The van der Waals surface area contributed by atoms with Crippen LogP contribution in [-0.2, 0) is 0 Å². The Kier molecular flexibility index (Phi) is 0.730. The van der Waals surface area contributed by atoms with Crippen LogP contribution in [0.1, 0.15) is 5.56 Å². The average molecular weight is 122 g/mol. The highest BCUT2D eigenvalue weighted by Gasteiger charge is 2.01. The second kappa shape index (κ2) is 1.41. The van der Waals surface area contributed by atoms with E-state index in [1.807, 2.05) is 13.0 Å². The Bertz CT molecular complexity index is 316. The van der Waals surface area contributed by atoms with Crippen LogP contribution in [0, 0.1) is 6.92 Å². The third-order valence-electron chi connectivity index (χ3n) is 1.35. The molecule has 0 bridgehead atoms. The SMILES string of the molecule is Cc1coc2ccoc12. The van der Waals surface area contributed by atoms with E-state index >= 15 is 0 Å². The molecule has 0 radical (unpaired) electrons. The first-order valence-electron chi connectivity index (χ1n) is 2.79. The quantitative estimate of drug-likeness (QED) is 0.536. The van der Waals surface area contributed by atoms with Gasteiger partial charge in [-0.15, -0.1) is 0 Å². The van der Waals surface area contributed by atoms with Gasteiger partial charge in [0.1, 0.15) is 0 Å². The minimum Gasteiger partial charge on any atom is -0.461 e. The first-order valence-corrected chi connectivity index (χ1v) is 2.79. The Morgan fingerprint density at radius 2 is 2.22 bits per heavy atom. The molecule has 0 aliphatic rings. The van der Waals surface area contributed by atoms with Gasteiger partial charge in [0, 0.05) is 11.6 Å². The van der Waals surface area contributed by atoms with Crippen LogP contribution in [-0.4, -0.2) is 0 Å². The van der Waals surface area contributed by atoms with E-state index in [4.69, 9.17) is 8.83 Å². The molecule has 46 valence electrons. The van der Waals surface area contributed by atoms with E-state index in [-0.39, 0.29) is 0 Å². The third-order valence-corrected chi connectivity index (χ3v) is 1.35. The molecule has 0 spiro atoms. The van der Waals surface area contributed by atoms with Gasteiger partial charge in [0.15, 0.2) is 11.2 Å². The molecule has 2 rings (SSSR count). The molecular formula is C7H6O2. The van der Waals surface area contributed by atoms with Crippen molar-refractivity contribution in [3.8, 4) is 0 Å². The molecule has 0 aliphatic heterocycles. The maximum absolute atomic E-state index is 5.09. The fourth-order valence-corrected chi connectivity index (χ4v) is 0.883. The summed E-state index contributed by atoms with van der Waals surface area (Å²) in [5.74, 6) is 0. The summed E-state index contributed by atoms with van der Waals surface area (Å²) >= 11 is 0. The minimum absolute atomic E-state index is 0.826. The van der Waals surface area contributed by atoms with Crippen molar-refractivity contribution in [2.45, 2.75) is 6.92 Å². The Morgan fingerprint density at radius 3 is 3.00 bits per heavy atom. The van der Waals surface area contributed by atoms with Gasteiger partial charge < -0.3 is 8.83 Å². The van der Waals surface area contributed by atoms with Crippen LogP contribution in [0.5, 0.6) is 0 Å². The lowest BCUT2D eigenvalue weighted by atomic mass is 10.3. The standard InChI is InChI=1S/C7H6O2/c1-5-4-9-6-2-3-8-7(5)6/h2-4H,1H3. The highest BCUT2D eigenvalue weighted by atomic mass is 16.4. The number of furan rings is 2. The zero-order valence-electron chi connectivity index (χ0n) is 5.05. The highest BCUT2D eigenvalue weighted by Crippen LogP contribution is 2.20. The van der Waals surface area contributed by atoms with Crippen LogP contribution >= 0.6 is 0 Å². The van der Waals surface area contributed by atoms with Crippen molar-refractivity contribution >= 4 is 11.2 Å². The van der Waals surface area contributed by atoms with Gasteiger partial charge in [-0.05, 0) is 6.92 Å². The summed E-state index contributed by atoms with van der Waals surface area (Å²) in [5, 5.41) is 0. The molecule has 2 aromatic heterocycles. The van der Waals surface area contributed by atoms with Crippen molar-refractivity contribution in [3.05, 3.63) is 24.2 Å². The summed E-state index contributed by atoms with van der Waals surface area (Å²) in [6, 6.07) is 1.81. The Labute approximate surface area is 52.1 Å². The van der Waals surface area contributed by atoms with E-state index in [2.05, 4.69) is 0 Å². The van der Waals surface area contributed by atoms with Crippen molar-refractivity contribution < 1.29 is 8.83 Å². The van der Waals surface area contributed by atoms with Gasteiger partial charge in [0.25, 0.3) is 0 Å². The van der Waals surface area contributed by atoms with Crippen LogP contribution < -0.4 is 0 Å². The summed E-state index contributed by atoms with van der Waals surface area (Å²) in [5.41, 5.74) is 2.73. The predicted octanol–water partition coefficient (Wildman–Crippen LogP) is 2.33. The molecule has 0 unspecified atom stereocenters. The molecular weight excluding hydrogens is 116 g/mol. The molecule has 2 aromatic rings. The van der Waals surface area contributed by atoms with E-state index in [0.29, 0.717) is 0 Å². The molecule has 0 fully saturated rings.